The molecule has 2 aromatic carbocycles. The highest BCUT2D eigenvalue weighted by molar-refractivity contribution is 5.85. The fourth-order valence-corrected chi connectivity index (χ4v) is 3.81. The Bertz CT molecular complexity index is 1070. The van der Waals surface area contributed by atoms with E-state index in [-0.39, 0.29) is 18.5 Å². The van der Waals surface area contributed by atoms with Gasteiger partial charge in [0.1, 0.15) is 6.54 Å². The lowest BCUT2D eigenvalue weighted by molar-refractivity contribution is -0.132. The number of hydrogen-bond acceptors (Lipinski definition) is 3. The van der Waals surface area contributed by atoms with Crippen molar-refractivity contribution in [3.63, 3.8) is 0 Å². The number of rotatable bonds is 10. The van der Waals surface area contributed by atoms with Gasteiger partial charge in [-0.15, -0.1) is 0 Å². The van der Waals surface area contributed by atoms with Gasteiger partial charge in [0.2, 0.25) is 5.91 Å². The molecule has 0 spiro atoms. The normalized spacial score (nSPS) is 11.4. The molecule has 7 nitrogen and oxygen atoms in total. The summed E-state index contributed by atoms with van der Waals surface area (Å²) in [6.07, 6.45) is 2.73. The maximum absolute atomic E-state index is 13.5. The molecule has 3 aromatic rings. The van der Waals surface area contributed by atoms with Gasteiger partial charge in [-0.1, -0.05) is 48.5 Å². The summed E-state index contributed by atoms with van der Waals surface area (Å²) < 4.78 is 5.18. The fraction of sp³-hybridized carbons (Fsp3) is 0.407. The average Bonchev–Trinajstić information content (AvgIpc) is 3.22. The Morgan fingerprint density at radius 3 is 2.38 bits per heavy atom. The highest BCUT2D eigenvalue weighted by atomic mass is 16.5. The minimum Gasteiger partial charge on any atom is -0.383 e. The van der Waals surface area contributed by atoms with Crippen molar-refractivity contribution in [3.05, 3.63) is 71.9 Å². The number of aromatic amines is 1. The summed E-state index contributed by atoms with van der Waals surface area (Å²) in [6, 6.07) is 17.8. The Kier molecular flexibility index (Phi) is 8.71. The zero-order valence-corrected chi connectivity index (χ0v) is 20.6. The smallest absolute Gasteiger partial charge is 0.318 e. The van der Waals surface area contributed by atoms with E-state index in [1.54, 1.807) is 7.11 Å². The van der Waals surface area contributed by atoms with Crippen molar-refractivity contribution in [2.24, 2.45) is 0 Å². The molecule has 2 N–H and O–H groups in total. The molecule has 0 radical (unpaired) electrons. The molecule has 3 rings (SSSR count). The van der Waals surface area contributed by atoms with Crippen molar-refractivity contribution in [2.75, 3.05) is 33.4 Å². The van der Waals surface area contributed by atoms with Gasteiger partial charge in [0.05, 0.1) is 6.61 Å². The van der Waals surface area contributed by atoms with Crippen molar-refractivity contribution >= 4 is 22.8 Å². The van der Waals surface area contributed by atoms with E-state index < -0.39 is 5.54 Å². The van der Waals surface area contributed by atoms with Crippen molar-refractivity contribution in [3.8, 4) is 0 Å². The summed E-state index contributed by atoms with van der Waals surface area (Å²) in [5.74, 6) is -0.0937. The summed E-state index contributed by atoms with van der Waals surface area (Å²) in [5, 5.41) is 4.12. The molecule has 0 saturated heterocycles. The fourth-order valence-electron chi connectivity index (χ4n) is 3.81. The van der Waals surface area contributed by atoms with Gasteiger partial charge in [-0.2, -0.15) is 0 Å². The lowest BCUT2D eigenvalue weighted by Crippen LogP contribution is -2.52. The number of benzene rings is 2. The summed E-state index contributed by atoms with van der Waals surface area (Å²) in [7, 11) is 1.59. The second kappa shape index (κ2) is 11.7. The number of ether oxygens (including phenoxy) is 1. The van der Waals surface area contributed by atoms with Gasteiger partial charge in [-0.3, -0.25) is 4.79 Å². The van der Waals surface area contributed by atoms with Crippen molar-refractivity contribution in [1.82, 2.24) is 20.1 Å². The van der Waals surface area contributed by atoms with Gasteiger partial charge in [0.25, 0.3) is 0 Å². The second-order valence-electron chi connectivity index (χ2n) is 9.50. The lowest BCUT2D eigenvalue weighted by Gasteiger charge is -2.30. The molecule has 0 bridgehead atoms. The van der Waals surface area contributed by atoms with Crippen molar-refractivity contribution < 1.29 is 14.3 Å². The Hall–Kier alpha value is -3.32. The first-order chi connectivity index (χ1) is 16.3. The summed E-state index contributed by atoms with van der Waals surface area (Å²) in [4.78, 5) is 33.0. The third-order valence-corrected chi connectivity index (χ3v) is 5.56. The standard InChI is InChI=1S/C27H36N4O3/c1-27(2,3)29-26(33)31(16-17-34-4)20-25(32)30(19-21-10-6-5-7-11-21)15-14-22-18-28-24-13-9-8-12-23(22)24/h5-13,18,28H,14-17,19-20H2,1-4H3,(H,29,33). The maximum atomic E-state index is 13.5. The minimum atomic E-state index is -0.398. The van der Waals surface area contributed by atoms with E-state index in [0.29, 0.717) is 26.2 Å². The summed E-state index contributed by atoms with van der Waals surface area (Å²) >= 11 is 0. The molecule has 0 fully saturated rings. The van der Waals surface area contributed by atoms with E-state index in [1.165, 1.54) is 15.8 Å². The number of aromatic nitrogens is 1. The van der Waals surface area contributed by atoms with E-state index in [0.717, 1.165) is 17.5 Å². The van der Waals surface area contributed by atoms with Crippen LogP contribution in [0.2, 0.25) is 0 Å². The second-order valence-corrected chi connectivity index (χ2v) is 9.50. The van der Waals surface area contributed by atoms with Gasteiger partial charge in [0.15, 0.2) is 0 Å². The number of carbonyl (C=O) groups is 2. The van der Waals surface area contributed by atoms with Crippen LogP contribution in [0.3, 0.4) is 0 Å². The van der Waals surface area contributed by atoms with Crippen molar-refractivity contribution in [1.29, 1.82) is 0 Å². The number of amides is 3. The quantitative estimate of drug-likeness (QED) is 0.472. The number of para-hydroxylation sites is 1. The highest BCUT2D eigenvalue weighted by Gasteiger charge is 2.24. The Balaban J connectivity index is 1.76. The van der Waals surface area contributed by atoms with E-state index in [9.17, 15) is 9.59 Å². The molecule has 1 aromatic heterocycles. The van der Waals surface area contributed by atoms with Gasteiger partial charge < -0.3 is 24.8 Å². The molecular formula is C27H36N4O3. The molecular weight excluding hydrogens is 428 g/mol. The Morgan fingerprint density at radius 1 is 0.971 bits per heavy atom. The van der Waals surface area contributed by atoms with E-state index in [2.05, 4.69) is 16.4 Å². The topological polar surface area (TPSA) is 77.7 Å². The molecule has 0 aliphatic carbocycles. The monoisotopic (exact) mass is 464 g/mol. The first kappa shape index (κ1) is 25.3. The molecule has 182 valence electrons. The van der Waals surface area contributed by atoms with Crippen LogP contribution in [0.1, 0.15) is 31.9 Å². The summed E-state index contributed by atoms with van der Waals surface area (Å²) in [6.45, 7) is 7.49. The number of nitrogens with one attached hydrogen (secondary N) is 2. The van der Waals surface area contributed by atoms with Crippen LogP contribution in [0.15, 0.2) is 60.8 Å². The SMILES string of the molecule is COCCN(CC(=O)N(CCc1c[nH]c2ccccc12)Cc1ccccc1)C(=O)NC(C)(C)C. The predicted molar refractivity (Wildman–Crippen MR) is 136 cm³/mol. The maximum Gasteiger partial charge on any atom is 0.318 e. The van der Waals surface area contributed by atoms with E-state index in [1.807, 2.05) is 80.4 Å². The molecule has 3 amide bonds. The van der Waals surface area contributed by atoms with Crippen LogP contribution in [-0.2, 0) is 22.5 Å². The number of carbonyl (C=O) groups excluding carboxylic acids is 2. The van der Waals surface area contributed by atoms with Gasteiger partial charge in [-0.05, 0) is 44.4 Å². The number of urea groups is 1. The van der Waals surface area contributed by atoms with Crippen LogP contribution in [0.25, 0.3) is 10.9 Å². The van der Waals surface area contributed by atoms with Crippen LogP contribution in [0.4, 0.5) is 4.79 Å². The Labute approximate surface area is 202 Å². The van der Waals surface area contributed by atoms with Crippen LogP contribution >= 0.6 is 0 Å². The van der Waals surface area contributed by atoms with Crippen LogP contribution in [0, 0.1) is 0 Å². The molecule has 34 heavy (non-hydrogen) atoms. The number of fused-ring (bicyclic) bond motifs is 1. The number of H-pyrrole nitrogens is 1. The number of hydrogen-bond donors (Lipinski definition) is 2. The first-order valence-corrected chi connectivity index (χ1v) is 11.7. The number of nitrogens with zero attached hydrogens (tertiary/aromatic N) is 2. The van der Waals surface area contributed by atoms with Crippen LogP contribution < -0.4 is 5.32 Å². The predicted octanol–water partition coefficient (Wildman–Crippen LogP) is 4.20. The first-order valence-electron chi connectivity index (χ1n) is 11.7. The zero-order valence-electron chi connectivity index (χ0n) is 20.6. The zero-order chi connectivity index (χ0) is 24.6. The van der Waals surface area contributed by atoms with Gasteiger partial charge in [-0.25, -0.2) is 4.79 Å². The molecule has 0 atom stereocenters. The van der Waals surface area contributed by atoms with Crippen LogP contribution in [-0.4, -0.2) is 65.6 Å². The molecule has 1 heterocycles. The van der Waals surface area contributed by atoms with E-state index in [4.69, 9.17) is 4.74 Å². The van der Waals surface area contributed by atoms with Gasteiger partial charge in [0, 0.05) is 49.4 Å². The summed E-state index contributed by atoms with van der Waals surface area (Å²) in [5.41, 5.74) is 2.91. The van der Waals surface area contributed by atoms with Crippen LogP contribution in [0.5, 0.6) is 0 Å². The highest BCUT2D eigenvalue weighted by Crippen LogP contribution is 2.19. The average molecular weight is 465 g/mol. The largest absolute Gasteiger partial charge is 0.383 e. The molecule has 0 aliphatic heterocycles. The molecule has 0 saturated carbocycles. The Morgan fingerprint density at radius 2 is 1.68 bits per heavy atom. The minimum absolute atomic E-state index is 0.00794. The molecule has 7 heteroatoms. The number of methoxy groups -OCH3 is 1. The molecule has 0 aliphatic rings. The van der Waals surface area contributed by atoms with Gasteiger partial charge >= 0.3 is 6.03 Å². The molecule has 0 unspecified atom stereocenters. The third-order valence-electron chi connectivity index (χ3n) is 5.56. The van der Waals surface area contributed by atoms with E-state index >= 15 is 0 Å². The lowest BCUT2D eigenvalue weighted by atomic mass is 10.1. The van der Waals surface area contributed by atoms with Crippen molar-refractivity contribution in [2.45, 2.75) is 39.3 Å². The third kappa shape index (κ3) is 7.35.